The maximum atomic E-state index is 13.7. The van der Waals surface area contributed by atoms with E-state index < -0.39 is 9.84 Å². The molecule has 1 amide bonds. The van der Waals surface area contributed by atoms with Crippen LogP contribution in [0.5, 0.6) is 0 Å². The number of aromatic nitrogens is 1. The molecule has 1 N–H and O–H groups in total. The molecule has 0 atom stereocenters. The molecule has 0 radical (unpaired) electrons. The fraction of sp³-hybridized carbons (Fsp3) is 0.478. The van der Waals surface area contributed by atoms with Crippen molar-refractivity contribution in [2.75, 3.05) is 17.3 Å². The van der Waals surface area contributed by atoms with Gasteiger partial charge >= 0.3 is 0 Å². The summed E-state index contributed by atoms with van der Waals surface area (Å²) in [5.74, 6) is 0.636. The third kappa shape index (κ3) is 3.83. The summed E-state index contributed by atoms with van der Waals surface area (Å²) in [7, 11) is -1.64. The average molecular weight is 442 g/mol. The Morgan fingerprint density at radius 1 is 1.13 bits per heavy atom. The first-order valence-electron chi connectivity index (χ1n) is 10.9. The molecule has 2 fully saturated rings. The highest BCUT2D eigenvalue weighted by Crippen LogP contribution is 2.41. The molecule has 8 heteroatoms. The van der Waals surface area contributed by atoms with Gasteiger partial charge in [0.25, 0.3) is 0 Å². The molecule has 0 saturated heterocycles. The number of nitrogens with zero attached hydrogens (tertiary/aromatic N) is 2. The maximum Gasteiger partial charge on any atom is 0.230 e. The number of amides is 1. The lowest BCUT2D eigenvalue weighted by molar-refractivity contribution is -0.124. The summed E-state index contributed by atoms with van der Waals surface area (Å²) in [6.07, 6.45) is 6.60. The second-order valence-corrected chi connectivity index (χ2v) is 10.9. The molecular weight excluding hydrogens is 414 g/mol. The normalized spacial score (nSPS) is 23.3. The monoisotopic (exact) mass is 441 g/mol. The zero-order valence-corrected chi connectivity index (χ0v) is 18.4. The molecule has 1 aromatic heterocycles. The van der Waals surface area contributed by atoms with Gasteiger partial charge in [-0.2, -0.15) is 0 Å². The van der Waals surface area contributed by atoms with Crippen molar-refractivity contribution in [1.29, 1.82) is 0 Å². The predicted octanol–water partition coefficient (Wildman–Crippen LogP) is 3.81. The Bertz CT molecular complexity index is 1110. The molecule has 31 heavy (non-hydrogen) atoms. The van der Waals surface area contributed by atoms with Gasteiger partial charge in [-0.3, -0.25) is 4.79 Å². The number of pyridine rings is 1. The summed E-state index contributed by atoms with van der Waals surface area (Å²) < 4.78 is 31.2. The number of fused-ring (bicyclic) bond motifs is 2. The first-order chi connectivity index (χ1) is 15.0. The van der Waals surface area contributed by atoms with E-state index in [0.29, 0.717) is 36.6 Å². The minimum Gasteiger partial charge on any atom is -0.381 e. The SMILES string of the molecule is COC1CCC(C(=O)N2Cc3cccnc3Nc3ccc(S(=O)(=O)C4CC4)cc32)CC1. The summed E-state index contributed by atoms with van der Waals surface area (Å²) in [6.45, 7) is 0.360. The summed E-state index contributed by atoms with van der Waals surface area (Å²) >= 11 is 0. The number of benzene rings is 1. The van der Waals surface area contributed by atoms with Crippen LogP contribution in [-0.4, -0.2) is 37.8 Å². The Labute approximate surface area is 182 Å². The van der Waals surface area contributed by atoms with Crippen LogP contribution in [0.2, 0.25) is 0 Å². The van der Waals surface area contributed by atoms with Crippen LogP contribution in [0.25, 0.3) is 0 Å². The van der Waals surface area contributed by atoms with Gasteiger partial charge in [0, 0.05) is 24.8 Å². The lowest BCUT2D eigenvalue weighted by atomic mass is 9.86. The second-order valence-electron chi connectivity index (χ2n) is 8.69. The van der Waals surface area contributed by atoms with E-state index in [1.165, 1.54) is 0 Å². The van der Waals surface area contributed by atoms with Gasteiger partial charge in [-0.25, -0.2) is 13.4 Å². The summed E-state index contributed by atoms with van der Waals surface area (Å²) in [5.41, 5.74) is 2.22. The number of carbonyl (C=O) groups excluding carboxylic acids is 1. The van der Waals surface area contributed by atoms with Gasteiger partial charge in [0.2, 0.25) is 5.91 Å². The second kappa shape index (κ2) is 7.91. The minimum atomic E-state index is -3.36. The number of carbonyl (C=O) groups is 1. The van der Waals surface area contributed by atoms with E-state index in [-0.39, 0.29) is 28.1 Å². The van der Waals surface area contributed by atoms with Crippen molar-refractivity contribution in [3.05, 3.63) is 42.1 Å². The number of sulfone groups is 1. The highest BCUT2D eigenvalue weighted by atomic mass is 32.2. The number of nitrogens with one attached hydrogen (secondary N) is 1. The number of anilines is 3. The van der Waals surface area contributed by atoms with E-state index in [2.05, 4.69) is 10.3 Å². The van der Waals surface area contributed by atoms with E-state index in [9.17, 15) is 13.2 Å². The van der Waals surface area contributed by atoms with E-state index in [0.717, 1.165) is 31.2 Å². The topological polar surface area (TPSA) is 88.6 Å². The zero-order valence-electron chi connectivity index (χ0n) is 17.6. The van der Waals surface area contributed by atoms with Gasteiger partial charge in [0.05, 0.1) is 34.2 Å². The highest BCUT2D eigenvalue weighted by molar-refractivity contribution is 7.92. The molecule has 7 nitrogen and oxygen atoms in total. The molecule has 5 rings (SSSR count). The zero-order chi connectivity index (χ0) is 21.6. The largest absolute Gasteiger partial charge is 0.381 e. The van der Waals surface area contributed by atoms with Crippen molar-refractivity contribution >= 4 is 32.9 Å². The third-order valence-electron chi connectivity index (χ3n) is 6.65. The molecule has 164 valence electrons. The van der Waals surface area contributed by atoms with Crippen LogP contribution < -0.4 is 10.2 Å². The fourth-order valence-corrected chi connectivity index (χ4v) is 6.29. The van der Waals surface area contributed by atoms with E-state index in [4.69, 9.17) is 4.74 Å². The molecule has 3 aliphatic rings. The van der Waals surface area contributed by atoms with E-state index >= 15 is 0 Å². The van der Waals surface area contributed by atoms with Crippen molar-refractivity contribution in [1.82, 2.24) is 4.98 Å². The Balaban J connectivity index is 1.54. The molecule has 1 aliphatic heterocycles. The van der Waals surface area contributed by atoms with Crippen LogP contribution in [-0.2, 0) is 25.9 Å². The number of hydrogen-bond acceptors (Lipinski definition) is 6. The van der Waals surface area contributed by atoms with Gasteiger partial charge in [0.15, 0.2) is 9.84 Å². The third-order valence-corrected chi connectivity index (χ3v) is 8.91. The molecule has 0 unspecified atom stereocenters. The van der Waals surface area contributed by atoms with Crippen LogP contribution in [0.4, 0.5) is 17.2 Å². The van der Waals surface area contributed by atoms with Gasteiger partial charge in [-0.1, -0.05) is 6.07 Å². The van der Waals surface area contributed by atoms with Crippen LogP contribution in [0.1, 0.15) is 44.1 Å². The van der Waals surface area contributed by atoms with Gasteiger partial charge < -0.3 is 15.0 Å². The van der Waals surface area contributed by atoms with Crippen LogP contribution in [0, 0.1) is 5.92 Å². The Kier molecular flexibility index (Phi) is 5.22. The average Bonchev–Trinajstić information content (AvgIpc) is 3.65. The minimum absolute atomic E-state index is 0.0373. The lowest BCUT2D eigenvalue weighted by Crippen LogP contribution is -2.38. The number of ether oxygens (including phenoxy) is 1. The van der Waals surface area contributed by atoms with Crippen molar-refractivity contribution < 1.29 is 17.9 Å². The van der Waals surface area contributed by atoms with Crippen molar-refractivity contribution in [3.63, 3.8) is 0 Å². The standard InChI is InChI=1S/C23H27N3O4S/c1-30-17-6-4-15(5-7-17)23(27)26-14-16-3-2-12-24-22(16)25-20-11-10-19(13-21(20)26)31(28,29)18-8-9-18/h2-3,10-13,15,17-18H,4-9,14H2,1H3,(H,24,25). The van der Waals surface area contributed by atoms with Crippen molar-refractivity contribution in [3.8, 4) is 0 Å². The molecule has 2 aliphatic carbocycles. The summed E-state index contributed by atoms with van der Waals surface area (Å²) in [4.78, 5) is 20.1. The lowest BCUT2D eigenvalue weighted by Gasteiger charge is -2.32. The summed E-state index contributed by atoms with van der Waals surface area (Å²) in [6, 6.07) is 8.87. The van der Waals surface area contributed by atoms with Gasteiger partial charge in [0.1, 0.15) is 5.82 Å². The molecule has 0 spiro atoms. The van der Waals surface area contributed by atoms with Crippen LogP contribution in [0.3, 0.4) is 0 Å². The number of methoxy groups -OCH3 is 1. The first kappa shape index (κ1) is 20.5. The van der Waals surface area contributed by atoms with Gasteiger partial charge in [-0.05, 0) is 62.8 Å². The molecule has 1 aromatic carbocycles. The molecular formula is C23H27N3O4S. The maximum absolute atomic E-state index is 13.7. The first-order valence-corrected chi connectivity index (χ1v) is 12.4. The summed E-state index contributed by atoms with van der Waals surface area (Å²) in [5, 5.41) is 3.02. The fourth-order valence-electron chi connectivity index (χ4n) is 4.61. The number of rotatable bonds is 4. The van der Waals surface area contributed by atoms with Crippen LogP contribution in [0.15, 0.2) is 41.4 Å². The molecule has 2 saturated carbocycles. The molecule has 2 heterocycles. The predicted molar refractivity (Wildman–Crippen MR) is 118 cm³/mol. The van der Waals surface area contributed by atoms with Crippen LogP contribution >= 0.6 is 0 Å². The Morgan fingerprint density at radius 2 is 1.90 bits per heavy atom. The number of hydrogen-bond donors (Lipinski definition) is 1. The Morgan fingerprint density at radius 3 is 2.61 bits per heavy atom. The smallest absolute Gasteiger partial charge is 0.230 e. The van der Waals surface area contributed by atoms with Gasteiger partial charge in [-0.15, -0.1) is 0 Å². The molecule has 2 aromatic rings. The van der Waals surface area contributed by atoms with E-state index in [1.54, 1.807) is 36.4 Å². The Hall–Kier alpha value is -2.45. The quantitative estimate of drug-likeness (QED) is 0.776. The van der Waals surface area contributed by atoms with Crippen molar-refractivity contribution in [2.45, 2.75) is 61.3 Å². The highest BCUT2D eigenvalue weighted by Gasteiger charge is 2.38. The van der Waals surface area contributed by atoms with E-state index in [1.807, 2.05) is 12.1 Å². The molecule has 0 bridgehead atoms. The van der Waals surface area contributed by atoms with Crippen molar-refractivity contribution in [2.24, 2.45) is 5.92 Å².